The van der Waals surface area contributed by atoms with E-state index in [4.69, 9.17) is 4.74 Å². The Labute approximate surface area is 125 Å². The van der Waals surface area contributed by atoms with E-state index in [2.05, 4.69) is 10.4 Å². The van der Waals surface area contributed by atoms with Gasteiger partial charge in [0.15, 0.2) is 0 Å². The van der Waals surface area contributed by atoms with E-state index in [0.717, 1.165) is 0 Å². The number of anilines is 1. The van der Waals surface area contributed by atoms with Crippen LogP contribution in [0.1, 0.15) is 40.7 Å². The highest BCUT2D eigenvalue weighted by molar-refractivity contribution is 5.93. The van der Waals surface area contributed by atoms with Crippen LogP contribution in [0.25, 0.3) is 0 Å². The lowest BCUT2D eigenvalue weighted by molar-refractivity contribution is -0.117. The number of hydrogen-bond donors (Lipinski definition) is 1. The van der Waals surface area contributed by atoms with Gasteiger partial charge in [0.2, 0.25) is 5.91 Å². The molecule has 1 rings (SSSR count). The van der Waals surface area contributed by atoms with Crippen LogP contribution in [0, 0.1) is 0 Å². The largest absolute Gasteiger partial charge is 0.444 e. The molecule has 0 aliphatic heterocycles. The van der Waals surface area contributed by atoms with Crippen molar-refractivity contribution in [2.75, 3.05) is 18.9 Å². The Kier molecular flexibility index (Phi) is 5.34. The van der Waals surface area contributed by atoms with Crippen LogP contribution in [0.2, 0.25) is 0 Å². The van der Waals surface area contributed by atoms with E-state index >= 15 is 0 Å². The van der Waals surface area contributed by atoms with Crippen LogP contribution >= 0.6 is 0 Å². The zero-order chi connectivity index (χ0) is 16.2. The molecular formula is C14H24N4O3. The molecule has 1 N–H and O–H groups in total. The standard InChI is InChI=1S/C14H24N4O3/c1-10(2)18-11(7-8-15-18)16-12(19)9-17(6)13(20)21-14(3,4)5/h7-8,10H,9H2,1-6H3,(H,16,19). The van der Waals surface area contributed by atoms with Crippen LogP contribution in [0.5, 0.6) is 0 Å². The summed E-state index contributed by atoms with van der Waals surface area (Å²) in [6.45, 7) is 9.18. The molecule has 0 aliphatic carbocycles. The second-order valence-electron chi connectivity index (χ2n) is 6.14. The molecule has 0 saturated carbocycles. The van der Waals surface area contributed by atoms with E-state index in [1.54, 1.807) is 37.7 Å². The maximum Gasteiger partial charge on any atom is 0.410 e. The average molecular weight is 296 g/mol. The monoisotopic (exact) mass is 296 g/mol. The van der Waals surface area contributed by atoms with Gasteiger partial charge in [-0.15, -0.1) is 0 Å². The van der Waals surface area contributed by atoms with E-state index in [1.165, 1.54) is 11.9 Å². The van der Waals surface area contributed by atoms with Gasteiger partial charge in [0.1, 0.15) is 18.0 Å². The number of nitrogens with zero attached hydrogens (tertiary/aromatic N) is 3. The molecule has 1 heterocycles. The molecule has 2 amide bonds. The van der Waals surface area contributed by atoms with Gasteiger partial charge >= 0.3 is 6.09 Å². The van der Waals surface area contributed by atoms with Gasteiger partial charge in [0.25, 0.3) is 0 Å². The minimum Gasteiger partial charge on any atom is -0.444 e. The van der Waals surface area contributed by atoms with E-state index in [1.807, 2.05) is 13.8 Å². The smallest absolute Gasteiger partial charge is 0.410 e. The van der Waals surface area contributed by atoms with Gasteiger partial charge in [-0.3, -0.25) is 4.79 Å². The predicted molar refractivity (Wildman–Crippen MR) is 80.1 cm³/mol. The molecule has 1 aromatic rings. The highest BCUT2D eigenvalue weighted by Gasteiger charge is 2.21. The van der Waals surface area contributed by atoms with Gasteiger partial charge in [-0.1, -0.05) is 0 Å². The Bertz CT molecular complexity index is 503. The van der Waals surface area contributed by atoms with Crippen LogP contribution in [0.3, 0.4) is 0 Å². The minimum absolute atomic E-state index is 0.0851. The fourth-order valence-corrected chi connectivity index (χ4v) is 1.63. The van der Waals surface area contributed by atoms with E-state index < -0.39 is 11.7 Å². The Morgan fingerprint density at radius 2 is 2.05 bits per heavy atom. The molecule has 0 spiro atoms. The molecule has 0 saturated heterocycles. The van der Waals surface area contributed by atoms with E-state index in [0.29, 0.717) is 5.82 Å². The molecule has 1 aromatic heterocycles. The lowest BCUT2D eigenvalue weighted by atomic mass is 10.2. The number of amides is 2. The van der Waals surface area contributed by atoms with Crippen LogP contribution in [-0.4, -0.2) is 45.9 Å². The number of rotatable bonds is 4. The first kappa shape index (κ1) is 17.0. The van der Waals surface area contributed by atoms with Crippen molar-refractivity contribution in [2.24, 2.45) is 0 Å². The van der Waals surface area contributed by atoms with E-state index in [9.17, 15) is 9.59 Å². The number of aromatic nitrogens is 2. The van der Waals surface area contributed by atoms with Gasteiger partial charge in [-0.05, 0) is 34.6 Å². The predicted octanol–water partition coefficient (Wildman–Crippen LogP) is 2.27. The van der Waals surface area contributed by atoms with E-state index in [-0.39, 0.29) is 18.5 Å². The molecular weight excluding hydrogens is 272 g/mol. The molecule has 7 nitrogen and oxygen atoms in total. The van der Waals surface area contributed by atoms with Gasteiger partial charge < -0.3 is 15.0 Å². The number of carbonyl (C=O) groups is 2. The SMILES string of the molecule is CC(C)n1nccc1NC(=O)CN(C)C(=O)OC(C)(C)C. The van der Waals surface area contributed by atoms with Crippen molar-refractivity contribution < 1.29 is 14.3 Å². The normalized spacial score (nSPS) is 11.4. The molecule has 0 aromatic carbocycles. The lowest BCUT2D eigenvalue weighted by Crippen LogP contribution is -2.39. The quantitative estimate of drug-likeness (QED) is 0.924. The summed E-state index contributed by atoms with van der Waals surface area (Å²) in [6, 6.07) is 1.85. The van der Waals surface area contributed by atoms with Crippen molar-refractivity contribution in [1.82, 2.24) is 14.7 Å². The summed E-state index contributed by atoms with van der Waals surface area (Å²) in [7, 11) is 1.52. The Hall–Kier alpha value is -2.05. The molecule has 118 valence electrons. The fourth-order valence-electron chi connectivity index (χ4n) is 1.63. The molecule has 0 radical (unpaired) electrons. The number of nitrogens with one attached hydrogen (secondary N) is 1. The Morgan fingerprint density at radius 1 is 1.43 bits per heavy atom. The maximum absolute atomic E-state index is 12.0. The van der Waals surface area contributed by atoms with Crippen molar-refractivity contribution in [2.45, 2.75) is 46.3 Å². The molecule has 0 fully saturated rings. The van der Waals surface area contributed by atoms with Crippen LogP contribution in [0.15, 0.2) is 12.3 Å². The first-order valence-corrected chi connectivity index (χ1v) is 6.87. The van der Waals surface area contributed by atoms with Crippen LogP contribution in [-0.2, 0) is 9.53 Å². The highest BCUT2D eigenvalue weighted by Crippen LogP contribution is 2.13. The van der Waals surface area contributed by atoms with Gasteiger partial charge in [0, 0.05) is 19.2 Å². The zero-order valence-electron chi connectivity index (χ0n) is 13.5. The Morgan fingerprint density at radius 3 is 2.57 bits per heavy atom. The van der Waals surface area contributed by atoms with Crippen LogP contribution < -0.4 is 5.32 Å². The molecule has 0 unspecified atom stereocenters. The maximum atomic E-state index is 12.0. The fraction of sp³-hybridized carbons (Fsp3) is 0.643. The summed E-state index contributed by atoms with van der Waals surface area (Å²) in [5.41, 5.74) is -0.585. The summed E-state index contributed by atoms with van der Waals surface area (Å²) in [5, 5.41) is 6.86. The summed E-state index contributed by atoms with van der Waals surface area (Å²) in [6.07, 6.45) is 1.09. The summed E-state index contributed by atoms with van der Waals surface area (Å²) in [5.74, 6) is 0.304. The minimum atomic E-state index is -0.585. The molecule has 21 heavy (non-hydrogen) atoms. The first-order valence-electron chi connectivity index (χ1n) is 6.87. The number of carbonyl (C=O) groups excluding carboxylic acids is 2. The van der Waals surface area contributed by atoms with Crippen molar-refractivity contribution in [3.63, 3.8) is 0 Å². The van der Waals surface area contributed by atoms with Gasteiger partial charge in [-0.25, -0.2) is 9.48 Å². The zero-order valence-corrected chi connectivity index (χ0v) is 13.5. The molecule has 0 aliphatic rings. The van der Waals surface area contributed by atoms with Gasteiger partial charge in [-0.2, -0.15) is 5.10 Å². The lowest BCUT2D eigenvalue weighted by Gasteiger charge is -2.24. The number of ether oxygens (including phenoxy) is 1. The van der Waals surface area contributed by atoms with Crippen molar-refractivity contribution in [1.29, 1.82) is 0 Å². The second-order valence-corrected chi connectivity index (χ2v) is 6.14. The van der Waals surface area contributed by atoms with Gasteiger partial charge in [0.05, 0.1) is 6.20 Å². The average Bonchev–Trinajstić information content (AvgIpc) is 2.74. The highest BCUT2D eigenvalue weighted by atomic mass is 16.6. The third kappa shape index (κ3) is 5.45. The Balaban J connectivity index is 2.57. The first-order chi connectivity index (χ1) is 9.60. The topological polar surface area (TPSA) is 76.5 Å². The third-order valence-electron chi connectivity index (χ3n) is 2.51. The van der Waals surface area contributed by atoms with Crippen molar-refractivity contribution in [3.8, 4) is 0 Å². The van der Waals surface area contributed by atoms with Crippen molar-refractivity contribution in [3.05, 3.63) is 12.3 Å². The van der Waals surface area contributed by atoms with Crippen LogP contribution in [0.4, 0.5) is 10.6 Å². The summed E-state index contributed by atoms with van der Waals surface area (Å²) < 4.78 is 6.89. The molecule has 7 heteroatoms. The summed E-state index contributed by atoms with van der Waals surface area (Å²) in [4.78, 5) is 25.0. The second kappa shape index (κ2) is 6.60. The molecule has 0 bridgehead atoms. The molecule has 0 atom stereocenters. The number of hydrogen-bond acceptors (Lipinski definition) is 4. The van der Waals surface area contributed by atoms with Crippen molar-refractivity contribution >= 4 is 17.8 Å². The number of likely N-dealkylation sites (N-methyl/N-ethyl adjacent to an activating group) is 1. The third-order valence-corrected chi connectivity index (χ3v) is 2.51. The summed E-state index contributed by atoms with van der Waals surface area (Å²) >= 11 is 0.